The molecule has 1 unspecified atom stereocenters. The summed E-state index contributed by atoms with van der Waals surface area (Å²) in [5, 5.41) is 0.128. The minimum Gasteiger partial charge on any atom is -0.424 e. The number of fused-ring (bicyclic) bond motifs is 3. The third-order valence-electron chi connectivity index (χ3n) is 4.69. The van der Waals surface area contributed by atoms with E-state index in [0.29, 0.717) is 6.61 Å². The Morgan fingerprint density at radius 2 is 1.75 bits per heavy atom. The molecule has 0 spiro atoms. The van der Waals surface area contributed by atoms with Gasteiger partial charge in [-0.2, -0.15) is 0 Å². The largest absolute Gasteiger partial charge is 0.509 e. The van der Waals surface area contributed by atoms with Gasteiger partial charge in [-0.25, -0.2) is 4.79 Å². The van der Waals surface area contributed by atoms with Crippen molar-refractivity contribution in [1.29, 1.82) is 0 Å². The average molecular weight is 302 g/mol. The lowest BCUT2D eigenvalue weighted by molar-refractivity contribution is -0.105. The van der Waals surface area contributed by atoms with Gasteiger partial charge in [0, 0.05) is 0 Å². The van der Waals surface area contributed by atoms with Crippen molar-refractivity contribution in [3.63, 3.8) is 0 Å². The van der Waals surface area contributed by atoms with E-state index in [-0.39, 0.29) is 29.6 Å². The van der Waals surface area contributed by atoms with Gasteiger partial charge in [-0.3, -0.25) is 0 Å². The molecule has 0 bridgehead atoms. The Labute approximate surface area is 119 Å². The van der Waals surface area contributed by atoms with Crippen molar-refractivity contribution in [3.05, 3.63) is 0 Å². The normalized spacial score (nSPS) is 39.6. The van der Waals surface area contributed by atoms with E-state index in [1.807, 2.05) is 0 Å². The molecule has 3 fully saturated rings. The zero-order valence-electron chi connectivity index (χ0n) is 12.5. The number of ether oxygens (including phenoxy) is 4. The Morgan fingerprint density at radius 3 is 2.40 bits per heavy atom. The van der Waals surface area contributed by atoms with Crippen molar-refractivity contribution in [2.45, 2.75) is 69.6 Å². The molecule has 6 nitrogen and oxygen atoms in total. The summed E-state index contributed by atoms with van der Waals surface area (Å²) in [6, 6.07) is 0. The SMILES string of the molecule is CC(C)(C)[Si](C)(C)OC[C@H]1OC2O[C@@H]2[C@H]2OC(=O)O[C@H]21. The lowest BCUT2D eigenvalue weighted by Crippen LogP contribution is -2.50. The zero-order valence-corrected chi connectivity index (χ0v) is 13.5. The molecule has 7 heteroatoms. The maximum absolute atomic E-state index is 11.3. The first-order chi connectivity index (χ1) is 9.19. The summed E-state index contributed by atoms with van der Waals surface area (Å²) in [6.45, 7) is 11.3. The van der Waals surface area contributed by atoms with Crippen LogP contribution < -0.4 is 0 Å². The summed E-state index contributed by atoms with van der Waals surface area (Å²) in [5.41, 5.74) is 0. The maximum Gasteiger partial charge on any atom is 0.509 e. The maximum atomic E-state index is 11.3. The average Bonchev–Trinajstić information content (AvgIpc) is 2.98. The Balaban J connectivity index is 1.64. The van der Waals surface area contributed by atoms with E-state index >= 15 is 0 Å². The molecule has 3 heterocycles. The van der Waals surface area contributed by atoms with E-state index in [2.05, 4.69) is 33.9 Å². The van der Waals surface area contributed by atoms with Gasteiger partial charge in [0.05, 0.1) is 6.61 Å². The second kappa shape index (κ2) is 4.43. The summed E-state index contributed by atoms with van der Waals surface area (Å²) in [7, 11) is -1.86. The second-order valence-electron chi connectivity index (χ2n) is 7.13. The van der Waals surface area contributed by atoms with Crippen LogP contribution in [-0.2, 0) is 23.4 Å². The van der Waals surface area contributed by atoms with E-state index in [1.54, 1.807) is 0 Å². The minimum atomic E-state index is -1.86. The molecular formula is C13H22O6Si. The predicted octanol–water partition coefficient (Wildman–Crippen LogP) is 2.04. The predicted molar refractivity (Wildman–Crippen MR) is 71.8 cm³/mol. The standard InChI is InChI=1S/C13H22O6Si/c1-13(2,3)20(4,5)15-6-7-8-9(19-12(14)18-8)10-11(16-7)17-10/h7-11H,6H2,1-5H3/t7-,8+,9+,10-,11?/m1/s1. The van der Waals surface area contributed by atoms with Crippen LogP contribution in [0, 0.1) is 0 Å². The Hall–Kier alpha value is -0.633. The summed E-state index contributed by atoms with van der Waals surface area (Å²) in [5.74, 6) is 0. The number of hydrogen-bond donors (Lipinski definition) is 0. The molecule has 0 aromatic carbocycles. The fourth-order valence-corrected chi connectivity index (χ4v) is 3.28. The van der Waals surface area contributed by atoms with Gasteiger partial charge in [-0.15, -0.1) is 0 Å². The van der Waals surface area contributed by atoms with Gasteiger partial charge in [0.25, 0.3) is 0 Å². The molecule has 0 N–H and O–H groups in total. The molecule has 3 aliphatic rings. The van der Waals surface area contributed by atoms with Gasteiger partial charge in [-0.05, 0) is 18.1 Å². The van der Waals surface area contributed by atoms with Crippen LogP contribution in [0.1, 0.15) is 20.8 Å². The highest BCUT2D eigenvalue weighted by Gasteiger charge is 2.63. The zero-order chi connectivity index (χ0) is 14.7. The van der Waals surface area contributed by atoms with E-state index in [0.717, 1.165) is 0 Å². The first kappa shape index (κ1) is 14.3. The van der Waals surface area contributed by atoms with Crippen LogP contribution >= 0.6 is 0 Å². The van der Waals surface area contributed by atoms with E-state index in [9.17, 15) is 4.79 Å². The fourth-order valence-electron chi connectivity index (χ4n) is 2.27. The minimum absolute atomic E-state index is 0.128. The van der Waals surface area contributed by atoms with E-state index < -0.39 is 20.6 Å². The molecule has 3 saturated heterocycles. The number of hydrogen-bond acceptors (Lipinski definition) is 6. The number of carbonyl (C=O) groups is 1. The summed E-state index contributed by atoms with van der Waals surface area (Å²) >= 11 is 0. The van der Waals surface area contributed by atoms with Gasteiger partial charge < -0.3 is 23.4 Å². The summed E-state index contributed by atoms with van der Waals surface area (Å²) in [6.07, 6.45) is -2.18. The Morgan fingerprint density at radius 1 is 1.10 bits per heavy atom. The molecule has 0 aromatic rings. The quantitative estimate of drug-likeness (QED) is 0.451. The van der Waals surface area contributed by atoms with Crippen LogP contribution in [0.5, 0.6) is 0 Å². The first-order valence-electron chi connectivity index (χ1n) is 7.01. The van der Waals surface area contributed by atoms with Crippen LogP contribution in [0.25, 0.3) is 0 Å². The highest BCUT2D eigenvalue weighted by atomic mass is 28.4. The topological polar surface area (TPSA) is 66.5 Å². The Kier molecular flexibility index (Phi) is 3.17. The van der Waals surface area contributed by atoms with Crippen molar-refractivity contribution in [2.24, 2.45) is 0 Å². The van der Waals surface area contributed by atoms with Gasteiger partial charge >= 0.3 is 6.16 Å². The van der Waals surface area contributed by atoms with Crippen molar-refractivity contribution in [3.8, 4) is 0 Å². The number of rotatable bonds is 3. The monoisotopic (exact) mass is 302 g/mol. The van der Waals surface area contributed by atoms with E-state index in [1.165, 1.54) is 0 Å². The molecule has 0 radical (unpaired) electrons. The van der Waals surface area contributed by atoms with Gasteiger partial charge in [0.1, 0.15) is 6.10 Å². The Bertz CT molecular complexity index is 418. The molecule has 0 aliphatic carbocycles. The highest BCUT2D eigenvalue weighted by molar-refractivity contribution is 6.74. The van der Waals surface area contributed by atoms with Crippen LogP contribution in [-0.4, -0.2) is 51.8 Å². The van der Waals surface area contributed by atoms with Crippen LogP contribution in [0.2, 0.25) is 18.1 Å². The third-order valence-corrected chi connectivity index (χ3v) is 9.19. The van der Waals surface area contributed by atoms with Gasteiger partial charge in [0.2, 0.25) is 0 Å². The molecule has 0 amide bonds. The van der Waals surface area contributed by atoms with Gasteiger partial charge in [-0.1, -0.05) is 20.8 Å². The molecular weight excluding hydrogens is 280 g/mol. The lowest BCUT2D eigenvalue weighted by atomic mass is 10.0. The fraction of sp³-hybridized carbons (Fsp3) is 0.923. The molecule has 3 aliphatic heterocycles. The molecule has 0 saturated carbocycles. The number of carbonyl (C=O) groups excluding carboxylic acids is 1. The summed E-state index contributed by atoms with van der Waals surface area (Å²) < 4.78 is 27.6. The molecule has 0 aromatic heterocycles. The molecule has 114 valence electrons. The van der Waals surface area contributed by atoms with Crippen molar-refractivity contribution in [2.75, 3.05) is 6.61 Å². The molecule has 20 heavy (non-hydrogen) atoms. The smallest absolute Gasteiger partial charge is 0.424 e. The van der Waals surface area contributed by atoms with E-state index in [4.69, 9.17) is 23.4 Å². The van der Waals surface area contributed by atoms with Crippen molar-refractivity contribution in [1.82, 2.24) is 0 Å². The molecule has 3 rings (SSSR count). The van der Waals surface area contributed by atoms with Crippen LogP contribution in [0.4, 0.5) is 4.79 Å². The highest BCUT2D eigenvalue weighted by Crippen LogP contribution is 2.42. The molecule has 5 atom stereocenters. The third kappa shape index (κ3) is 2.36. The van der Waals surface area contributed by atoms with Crippen LogP contribution in [0.3, 0.4) is 0 Å². The summed E-state index contributed by atoms with van der Waals surface area (Å²) in [4.78, 5) is 11.3. The van der Waals surface area contributed by atoms with Crippen molar-refractivity contribution < 1.29 is 28.2 Å². The first-order valence-corrected chi connectivity index (χ1v) is 9.92. The lowest BCUT2D eigenvalue weighted by Gasteiger charge is -2.38. The number of epoxide rings is 1. The van der Waals surface area contributed by atoms with Crippen molar-refractivity contribution >= 4 is 14.5 Å². The van der Waals surface area contributed by atoms with Crippen LogP contribution in [0.15, 0.2) is 0 Å². The van der Waals surface area contributed by atoms with Gasteiger partial charge in [0.15, 0.2) is 32.9 Å². The second-order valence-corrected chi connectivity index (χ2v) is 11.9.